The van der Waals surface area contributed by atoms with E-state index in [1.807, 2.05) is 0 Å². The van der Waals surface area contributed by atoms with Crippen LogP contribution in [0, 0.1) is 0 Å². The molecule has 2 heterocycles. The van der Waals surface area contributed by atoms with Crippen LogP contribution < -0.4 is 5.32 Å². The molecule has 0 aromatic heterocycles. The number of rotatable bonds is 0. The first-order chi connectivity index (χ1) is 4.34. The molecule has 2 aliphatic rings. The summed E-state index contributed by atoms with van der Waals surface area (Å²) in [4.78, 5) is 0. The molecular formula is C7H14NP. The average Bonchev–Trinajstić information content (AvgIpc) is 2.11. The third-order valence-corrected chi connectivity index (χ3v) is 3.05. The largest absolute Gasteiger partial charge is 0.311 e. The quantitative estimate of drug-likeness (QED) is 0.501. The fraction of sp³-hybridized carbons (Fsp3) is 1.00. The van der Waals surface area contributed by atoms with E-state index >= 15 is 0 Å². The smallest absolute Gasteiger partial charge is 0.00760 e. The van der Waals surface area contributed by atoms with Gasteiger partial charge in [0, 0.05) is 12.1 Å². The van der Waals surface area contributed by atoms with E-state index in [-0.39, 0.29) is 0 Å². The first kappa shape index (κ1) is 6.12. The summed E-state index contributed by atoms with van der Waals surface area (Å²) in [5, 5.41) is 3.61. The monoisotopic (exact) mass is 143 g/mol. The van der Waals surface area contributed by atoms with Gasteiger partial charge in [0.1, 0.15) is 0 Å². The van der Waals surface area contributed by atoms with Crippen LogP contribution in [0.25, 0.3) is 0 Å². The number of hydrogen-bond acceptors (Lipinski definition) is 1. The molecule has 1 N–H and O–H groups in total. The molecule has 0 aromatic rings. The minimum absolute atomic E-state index is 0.867. The lowest BCUT2D eigenvalue weighted by Crippen LogP contribution is -2.38. The van der Waals surface area contributed by atoms with E-state index in [2.05, 4.69) is 14.6 Å². The fourth-order valence-corrected chi connectivity index (χ4v) is 2.76. The molecule has 2 heteroatoms. The summed E-state index contributed by atoms with van der Waals surface area (Å²) in [6.45, 7) is 0. The maximum atomic E-state index is 3.61. The zero-order valence-corrected chi connectivity index (χ0v) is 6.79. The van der Waals surface area contributed by atoms with Crippen LogP contribution in [0.15, 0.2) is 0 Å². The van der Waals surface area contributed by atoms with Crippen molar-refractivity contribution in [3.8, 4) is 0 Å². The molecule has 2 bridgehead atoms. The molecule has 0 radical (unpaired) electrons. The maximum absolute atomic E-state index is 3.61. The van der Waals surface area contributed by atoms with Crippen LogP contribution in [-0.4, -0.2) is 17.7 Å². The number of nitrogens with one attached hydrogen (secondary N) is 1. The standard InChI is InChI=1S/C7H14NP/c9-7-3-5-1-2-6(4-7)8-5/h5-8H,1-4,9H2. The van der Waals surface area contributed by atoms with E-state index in [4.69, 9.17) is 0 Å². The Morgan fingerprint density at radius 3 is 2.22 bits per heavy atom. The predicted molar refractivity (Wildman–Crippen MR) is 42.7 cm³/mol. The Balaban J connectivity index is 2.03. The van der Waals surface area contributed by atoms with Gasteiger partial charge in [0.25, 0.3) is 0 Å². The maximum Gasteiger partial charge on any atom is 0.00760 e. The summed E-state index contributed by atoms with van der Waals surface area (Å²) in [6, 6.07) is 1.73. The molecule has 0 aliphatic carbocycles. The second-order valence-corrected chi connectivity index (χ2v) is 4.31. The lowest BCUT2D eigenvalue weighted by atomic mass is 10.1. The van der Waals surface area contributed by atoms with E-state index < -0.39 is 0 Å². The predicted octanol–water partition coefficient (Wildman–Crippen LogP) is 1.14. The summed E-state index contributed by atoms with van der Waals surface area (Å²) < 4.78 is 0. The van der Waals surface area contributed by atoms with Gasteiger partial charge >= 0.3 is 0 Å². The Kier molecular flexibility index (Phi) is 1.51. The molecule has 3 unspecified atom stereocenters. The van der Waals surface area contributed by atoms with Gasteiger partial charge in [0.15, 0.2) is 0 Å². The van der Waals surface area contributed by atoms with E-state index in [0.717, 1.165) is 17.7 Å². The van der Waals surface area contributed by atoms with Gasteiger partial charge in [-0.1, -0.05) is 0 Å². The van der Waals surface area contributed by atoms with E-state index in [0.29, 0.717) is 0 Å². The first-order valence-electron chi connectivity index (χ1n) is 3.86. The van der Waals surface area contributed by atoms with Gasteiger partial charge < -0.3 is 5.32 Å². The minimum atomic E-state index is 0.867. The Morgan fingerprint density at radius 1 is 1.11 bits per heavy atom. The van der Waals surface area contributed by atoms with Crippen molar-refractivity contribution in [2.24, 2.45) is 0 Å². The van der Waals surface area contributed by atoms with Gasteiger partial charge in [0.2, 0.25) is 0 Å². The molecule has 2 rings (SSSR count). The van der Waals surface area contributed by atoms with Crippen LogP contribution in [0.3, 0.4) is 0 Å². The molecule has 1 nitrogen and oxygen atoms in total. The molecule has 0 spiro atoms. The molecule has 2 saturated heterocycles. The lowest BCUT2D eigenvalue weighted by molar-refractivity contribution is 0.414. The van der Waals surface area contributed by atoms with Crippen molar-refractivity contribution in [2.75, 3.05) is 0 Å². The second kappa shape index (κ2) is 2.21. The molecule has 9 heavy (non-hydrogen) atoms. The third-order valence-electron chi connectivity index (χ3n) is 2.51. The van der Waals surface area contributed by atoms with Crippen LogP contribution in [0.2, 0.25) is 0 Å². The van der Waals surface area contributed by atoms with Crippen LogP contribution >= 0.6 is 9.24 Å². The highest BCUT2D eigenvalue weighted by atomic mass is 31.0. The zero-order valence-electron chi connectivity index (χ0n) is 5.64. The highest BCUT2D eigenvalue weighted by Crippen LogP contribution is 2.30. The van der Waals surface area contributed by atoms with Crippen molar-refractivity contribution in [3.63, 3.8) is 0 Å². The Labute approximate surface area is 58.8 Å². The molecule has 0 saturated carbocycles. The lowest BCUT2D eigenvalue weighted by Gasteiger charge is -2.25. The van der Waals surface area contributed by atoms with Gasteiger partial charge in [-0.2, -0.15) is 0 Å². The summed E-state index contributed by atoms with van der Waals surface area (Å²) >= 11 is 0. The second-order valence-electron chi connectivity index (χ2n) is 3.37. The highest BCUT2D eigenvalue weighted by molar-refractivity contribution is 7.17. The Bertz CT molecular complexity index is 103. The van der Waals surface area contributed by atoms with Crippen molar-refractivity contribution in [1.82, 2.24) is 5.32 Å². The van der Waals surface area contributed by atoms with E-state index in [9.17, 15) is 0 Å². The van der Waals surface area contributed by atoms with Crippen LogP contribution in [0.1, 0.15) is 25.7 Å². The van der Waals surface area contributed by atoms with Crippen molar-refractivity contribution < 1.29 is 0 Å². The zero-order chi connectivity index (χ0) is 6.27. The number of piperidine rings is 1. The molecule has 0 amide bonds. The van der Waals surface area contributed by atoms with E-state index in [1.54, 1.807) is 0 Å². The topological polar surface area (TPSA) is 12.0 Å². The van der Waals surface area contributed by atoms with Crippen LogP contribution in [0.4, 0.5) is 0 Å². The molecule has 0 aromatic carbocycles. The first-order valence-corrected chi connectivity index (χ1v) is 4.53. The van der Waals surface area contributed by atoms with Crippen molar-refractivity contribution in [3.05, 3.63) is 0 Å². The summed E-state index contributed by atoms with van der Waals surface area (Å²) in [7, 11) is 2.95. The molecule has 3 atom stereocenters. The van der Waals surface area contributed by atoms with Crippen molar-refractivity contribution >= 4 is 9.24 Å². The molecule has 52 valence electrons. The molecule has 2 aliphatic heterocycles. The van der Waals surface area contributed by atoms with Crippen molar-refractivity contribution in [1.29, 1.82) is 0 Å². The minimum Gasteiger partial charge on any atom is -0.311 e. The van der Waals surface area contributed by atoms with E-state index in [1.165, 1.54) is 25.7 Å². The Hall–Kier alpha value is 0.390. The van der Waals surface area contributed by atoms with Gasteiger partial charge in [-0.15, -0.1) is 9.24 Å². The van der Waals surface area contributed by atoms with Gasteiger partial charge in [-0.3, -0.25) is 0 Å². The van der Waals surface area contributed by atoms with Crippen molar-refractivity contribution in [2.45, 2.75) is 43.4 Å². The third kappa shape index (κ3) is 1.13. The van der Waals surface area contributed by atoms with Gasteiger partial charge in [-0.05, 0) is 31.3 Å². The summed E-state index contributed by atoms with van der Waals surface area (Å²) in [5.41, 5.74) is 0.906. The summed E-state index contributed by atoms with van der Waals surface area (Å²) in [6.07, 6.45) is 5.63. The average molecular weight is 143 g/mol. The normalized spacial score (nSPS) is 49.7. The molecule has 2 fully saturated rings. The SMILES string of the molecule is PC1CC2CCC(C1)N2. The van der Waals surface area contributed by atoms with Gasteiger partial charge in [0.05, 0.1) is 0 Å². The highest BCUT2D eigenvalue weighted by Gasteiger charge is 2.31. The van der Waals surface area contributed by atoms with Crippen LogP contribution in [-0.2, 0) is 0 Å². The van der Waals surface area contributed by atoms with Gasteiger partial charge in [-0.25, -0.2) is 0 Å². The summed E-state index contributed by atoms with van der Waals surface area (Å²) in [5.74, 6) is 0. The fourth-order valence-electron chi connectivity index (χ4n) is 2.10. The number of hydrogen-bond donors (Lipinski definition) is 1. The van der Waals surface area contributed by atoms with Crippen LogP contribution in [0.5, 0.6) is 0 Å². The molecular weight excluding hydrogens is 129 g/mol. The Morgan fingerprint density at radius 2 is 1.67 bits per heavy atom. The number of fused-ring (bicyclic) bond motifs is 2.